The van der Waals surface area contributed by atoms with Gasteiger partial charge in [0, 0.05) is 34.8 Å². The first-order valence-corrected chi connectivity index (χ1v) is 9.09. The molecule has 5 heteroatoms. The third-order valence-electron chi connectivity index (χ3n) is 5.67. The molecule has 0 saturated heterocycles. The summed E-state index contributed by atoms with van der Waals surface area (Å²) in [4.78, 5) is 17.8. The SMILES string of the molecule is Cc1c(C(C)NC(=O)c2cccc3ccc(C4(C)CC4)nc23)cnn1C. The highest BCUT2D eigenvalue weighted by molar-refractivity contribution is 6.05. The number of amides is 1. The van der Waals surface area contributed by atoms with Crippen LogP contribution in [0, 0.1) is 6.92 Å². The lowest BCUT2D eigenvalue weighted by Gasteiger charge is -2.15. The number of hydrogen-bond acceptors (Lipinski definition) is 3. The Hall–Kier alpha value is -2.69. The molecule has 1 fully saturated rings. The summed E-state index contributed by atoms with van der Waals surface area (Å²) in [5.74, 6) is -0.100. The predicted octanol–water partition coefficient (Wildman–Crippen LogP) is 3.82. The molecule has 1 aromatic carbocycles. The summed E-state index contributed by atoms with van der Waals surface area (Å²) in [7, 11) is 1.90. The Labute approximate surface area is 153 Å². The average Bonchev–Trinajstić information content (AvgIpc) is 3.30. The second-order valence-corrected chi connectivity index (χ2v) is 7.64. The van der Waals surface area contributed by atoms with Gasteiger partial charge in [-0.3, -0.25) is 14.5 Å². The van der Waals surface area contributed by atoms with Gasteiger partial charge >= 0.3 is 0 Å². The van der Waals surface area contributed by atoms with Gasteiger partial charge in [-0.15, -0.1) is 0 Å². The Morgan fingerprint density at radius 1 is 1.27 bits per heavy atom. The van der Waals surface area contributed by atoms with Gasteiger partial charge < -0.3 is 5.32 Å². The van der Waals surface area contributed by atoms with Crippen molar-refractivity contribution in [3.8, 4) is 0 Å². The number of fused-ring (bicyclic) bond motifs is 1. The van der Waals surface area contributed by atoms with Crippen LogP contribution in [-0.2, 0) is 12.5 Å². The molecule has 2 aromatic heterocycles. The Kier molecular flexibility index (Phi) is 3.83. The topological polar surface area (TPSA) is 59.8 Å². The highest BCUT2D eigenvalue weighted by Gasteiger charge is 2.40. The Morgan fingerprint density at radius 3 is 2.69 bits per heavy atom. The molecule has 26 heavy (non-hydrogen) atoms. The number of hydrogen-bond donors (Lipinski definition) is 1. The molecule has 0 spiro atoms. The first-order valence-electron chi connectivity index (χ1n) is 9.09. The van der Waals surface area contributed by atoms with E-state index in [0.717, 1.165) is 40.7 Å². The van der Waals surface area contributed by atoms with E-state index in [0.29, 0.717) is 5.56 Å². The van der Waals surface area contributed by atoms with Gasteiger partial charge in [-0.25, -0.2) is 0 Å². The molecular weight excluding hydrogens is 324 g/mol. The molecule has 1 N–H and O–H groups in total. The van der Waals surface area contributed by atoms with Crippen LogP contribution in [0.3, 0.4) is 0 Å². The van der Waals surface area contributed by atoms with E-state index in [-0.39, 0.29) is 17.4 Å². The molecule has 1 unspecified atom stereocenters. The van der Waals surface area contributed by atoms with Crippen molar-refractivity contribution in [1.29, 1.82) is 0 Å². The highest BCUT2D eigenvalue weighted by Crippen LogP contribution is 2.47. The van der Waals surface area contributed by atoms with Gasteiger partial charge in [-0.05, 0) is 38.8 Å². The lowest BCUT2D eigenvalue weighted by atomic mass is 10.0. The molecule has 0 aliphatic heterocycles. The van der Waals surface area contributed by atoms with Crippen LogP contribution in [0.15, 0.2) is 36.5 Å². The Morgan fingerprint density at radius 2 is 2.04 bits per heavy atom. The normalized spacial score (nSPS) is 16.5. The molecule has 4 rings (SSSR count). The van der Waals surface area contributed by atoms with Gasteiger partial charge in [-0.1, -0.05) is 25.1 Å². The molecule has 3 aromatic rings. The third kappa shape index (κ3) is 2.77. The molecule has 0 radical (unpaired) electrons. The minimum absolute atomic E-state index is 0.100. The van der Waals surface area contributed by atoms with Gasteiger partial charge in [0.25, 0.3) is 5.91 Å². The zero-order chi connectivity index (χ0) is 18.5. The van der Waals surface area contributed by atoms with Crippen molar-refractivity contribution in [1.82, 2.24) is 20.1 Å². The zero-order valence-electron chi connectivity index (χ0n) is 15.7. The minimum Gasteiger partial charge on any atom is -0.345 e. The predicted molar refractivity (Wildman–Crippen MR) is 102 cm³/mol. The summed E-state index contributed by atoms with van der Waals surface area (Å²) in [5.41, 5.74) is 4.75. The summed E-state index contributed by atoms with van der Waals surface area (Å²) in [6.45, 7) is 6.22. The summed E-state index contributed by atoms with van der Waals surface area (Å²) in [6.07, 6.45) is 4.14. The maximum atomic E-state index is 13.0. The number of carbonyl (C=O) groups excluding carboxylic acids is 1. The standard InChI is InChI=1S/C21H24N4O/c1-13(17-12-22-25(4)14(17)2)23-20(26)16-7-5-6-15-8-9-18(24-19(15)16)21(3)10-11-21/h5-9,12-13H,10-11H2,1-4H3,(H,23,26). The van der Waals surface area contributed by atoms with Gasteiger partial charge in [0.15, 0.2) is 0 Å². The first kappa shape index (κ1) is 16.8. The lowest BCUT2D eigenvalue weighted by molar-refractivity contribution is 0.0941. The van der Waals surface area contributed by atoms with Crippen LogP contribution < -0.4 is 5.32 Å². The van der Waals surface area contributed by atoms with E-state index >= 15 is 0 Å². The number of nitrogens with zero attached hydrogens (tertiary/aromatic N) is 3. The number of para-hydroxylation sites is 1. The van der Waals surface area contributed by atoms with Crippen molar-refractivity contribution in [2.45, 2.75) is 45.1 Å². The van der Waals surface area contributed by atoms with E-state index in [1.54, 1.807) is 0 Å². The molecule has 1 aliphatic carbocycles. The molecule has 2 heterocycles. The molecule has 1 atom stereocenters. The Bertz CT molecular complexity index is 1000. The fourth-order valence-electron chi connectivity index (χ4n) is 3.40. The van der Waals surface area contributed by atoms with E-state index in [2.05, 4.69) is 29.5 Å². The fraction of sp³-hybridized carbons (Fsp3) is 0.381. The van der Waals surface area contributed by atoms with Crippen molar-refractivity contribution in [2.75, 3.05) is 0 Å². The van der Waals surface area contributed by atoms with Gasteiger partial charge in [0.05, 0.1) is 23.3 Å². The van der Waals surface area contributed by atoms with E-state index in [1.807, 2.05) is 50.0 Å². The van der Waals surface area contributed by atoms with Gasteiger partial charge in [0.1, 0.15) is 0 Å². The minimum atomic E-state index is -0.115. The quantitative estimate of drug-likeness (QED) is 0.780. The van der Waals surface area contributed by atoms with Crippen LogP contribution in [-0.4, -0.2) is 20.7 Å². The van der Waals surface area contributed by atoms with Gasteiger partial charge in [0.2, 0.25) is 0 Å². The number of carbonyl (C=O) groups is 1. The smallest absolute Gasteiger partial charge is 0.253 e. The second-order valence-electron chi connectivity index (χ2n) is 7.64. The summed E-state index contributed by atoms with van der Waals surface area (Å²) in [6, 6.07) is 9.83. The number of aryl methyl sites for hydroxylation is 1. The van der Waals surface area contributed by atoms with Crippen LogP contribution in [0.4, 0.5) is 0 Å². The fourth-order valence-corrected chi connectivity index (χ4v) is 3.40. The van der Waals surface area contributed by atoms with Crippen molar-refractivity contribution in [3.63, 3.8) is 0 Å². The summed E-state index contributed by atoms with van der Waals surface area (Å²) < 4.78 is 1.82. The van der Waals surface area contributed by atoms with Gasteiger partial charge in [-0.2, -0.15) is 5.10 Å². The first-order chi connectivity index (χ1) is 12.4. The Balaban J connectivity index is 1.67. The third-order valence-corrected chi connectivity index (χ3v) is 5.67. The monoisotopic (exact) mass is 348 g/mol. The van der Waals surface area contributed by atoms with Crippen molar-refractivity contribution >= 4 is 16.8 Å². The van der Waals surface area contributed by atoms with Crippen LogP contribution in [0.5, 0.6) is 0 Å². The number of benzene rings is 1. The lowest BCUT2D eigenvalue weighted by Crippen LogP contribution is -2.27. The summed E-state index contributed by atoms with van der Waals surface area (Å²) >= 11 is 0. The zero-order valence-corrected chi connectivity index (χ0v) is 15.7. The van der Waals surface area contributed by atoms with Crippen molar-refractivity contribution < 1.29 is 4.79 Å². The maximum Gasteiger partial charge on any atom is 0.253 e. The van der Waals surface area contributed by atoms with Crippen LogP contribution in [0.1, 0.15) is 60.0 Å². The molecule has 134 valence electrons. The highest BCUT2D eigenvalue weighted by atomic mass is 16.1. The largest absolute Gasteiger partial charge is 0.345 e. The molecular formula is C21H24N4O. The van der Waals surface area contributed by atoms with E-state index in [1.165, 1.54) is 0 Å². The molecule has 5 nitrogen and oxygen atoms in total. The number of rotatable bonds is 4. The maximum absolute atomic E-state index is 13.0. The van der Waals surface area contributed by atoms with Crippen LogP contribution in [0.25, 0.3) is 10.9 Å². The van der Waals surface area contributed by atoms with E-state index in [9.17, 15) is 4.79 Å². The number of nitrogens with one attached hydrogen (secondary N) is 1. The van der Waals surface area contributed by atoms with Crippen molar-refractivity contribution in [3.05, 3.63) is 59.0 Å². The molecule has 0 bridgehead atoms. The number of pyridine rings is 1. The number of aromatic nitrogens is 3. The average molecular weight is 348 g/mol. The molecule has 1 aliphatic rings. The van der Waals surface area contributed by atoms with Crippen LogP contribution >= 0.6 is 0 Å². The van der Waals surface area contributed by atoms with E-state index < -0.39 is 0 Å². The van der Waals surface area contributed by atoms with E-state index in [4.69, 9.17) is 4.98 Å². The summed E-state index contributed by atoms with van der Waals surface area (Å²) in [5, 5.41) is 8.36. The van der Waals surface area contributed by atoms with Crippen molar-refractivity contribution in [2.24, 2.45) is 7.05 Å². The molecule has 1 saturated carbocycles. The van der Waals surface area contributed by atoms with Crippen LogP contribution in [0.2, 0.25) is 0 Å². The molecule has 1 amide bonds. The second kappa shape index (κ2) is 5.94.